The van der Waals surface area contributed by atoms with Gasteiger partial charge in [-0.3, -0.25) is 9.59 Å². The van der Waals surface area contributed by atoms with Crippen molar-refractivity contribution in [2.75, 3.05) is 31.1 Å². The third kappa shape index (κ3) is 4.61. The molecule has 6 nitrogen and oxygen atoms in total. The Morgan fingerprint density at radius 2 is 2.03 bits per heavy atom. The normalized spacial score (nSPS) is 19.0. The standard InChI is InChI=1S/C22H28N4O2S/c1-15-4-3-5-17(12-15)14-23-21(28)18-6-7-19-20(13-18)29-22(24-19)26-10-8-25(9-11-26)16(2)27/h3-5,12,18H,6-11,13-14H2,1-2H3,(H,23,28). The van der Waals surface area contributed by atoms with Crippen molar-refractivity contribution in [1.29, 1.82) is 0 Å². The number of nitrogens with one attached hydrogen (secondary N) is 1. The van der Waals surface area contributed by atoms with Gasteiger partial charge in [0.25, 0.3) is 0 Å². The highest BCUT2D eigenvalue weighted by molar-refractivity contribution is 7.15. The summed E-state index contributed by atoms with van der Waals surface area (Å²) in [5, 5.41) is 4.15. The first-order valence-electron chi connectivity index (χ1n) is 10.3. The highest BCUT2D eigenvalue weighted by Gasteiger charge is 2.29. The summed E-state index contributed by atoms with van der Waals surface area (Å²) < 4.78 is 0. The average molecular weight is 413 g/mol. The van der Waals surface area contributed by atoms with E-state index < -0.39 is 0 Å². The molecule has 1 fully saturated rings. The van der Waals surface area contributed by atoms with Gasteiger partial charge in [-0.25, -0.2) is 4.98 Å². The SMILES string of the molecule is CC(=O)N1CCN(c2nc3c(s2)CC(C(=O)NCc2cccc(C)c2)CC3)CC1. The number of carbonyl (C=O) groups excluding carboxylic acids is 2. The zero-order valence-electron chi connectivity index (χ0n) is 17.1. The smallest absolute Gasteiger partial charge is 0.223 e. The molecule has 0 saturated carbocycles. The number of piperazine rings is 1. The van der Waals surface area contributed by atoms with Crippen LogP contribution in [-0.2, 0) is 29.0 Å². The molecule has 2 aromatic rings. The molecule has 0 bridgehead atoms. The van der Waals surface area contributed by atoms with E-state index in [-0.39, 0.29) is 17.7 Å². The number of anilines is 1. The Hall–Kier alpha value is -2.41. The predicted molar refractivity (Wildman–Crippen MR) is 115 cm³/mol. The number of rotatable bonds is 4. The Morgan fingerprint density at radius 3 is 2.76 bits per heavy atom. The van der Waals surface area contributed by atoms with Crippen LogP contribution in [0.3, 0.4) is 0 Å². The molecule has 1 unspecified atom stereocenters. The summed E-state index contributed by atoms with van der Waals surface area (Å²) >= 11 is 1.72. The maximum atomic E-state index is 12.7. The highest BCUT2D eigenvalue weighted by Crippen LogP contribution is 2.34. The number of benzene rings is 1. The van der Waals surface area contributed by atoms with E-state index in [2.05, 4.69) is 29.3 Å². The second-order valence-electron chi connectivity index (χ2n) is 8.01. The van der Waals surface area contributed by atoms with Crippen LogP contribution in [0.15, 0.2) is 24.3 Å². The third-order valence-corrected chi connectivity index (χ3v) is 7.02. The molecule has 1 N–H and O–H groups in total. The Bertz CT molecular complexity index is 902. The van der Waals surface area contributed by atoms with Gasteiger partial charge in [0.2, 0.25) is 11.8 Å². The molecule has 2 aliphatic rings. The van der Waals surface area contributed by atoms with Crippen molar-refractivity contribution in [1.82, 2.24) is 15.2 Å². The lowest BCUT2D eigenvalue weighted by molar-refractivity contribution is -0.129. The Labute approximate surface area is 175 Å². The summed E-state index contributed by atoms with van der Waals surface area (Å²) in [7, 11) is 0. The fourth-order valence-electron chi connectivity index (χ4n) is 4.09. The van der Waals surface area contributed by atoms with Gasteiger partial charge < -0.3 is 15.1 Å². The van der Waals surface area contributed by atoms with Crippen LogP contribution in [0, 0.1) is 12.8 Å². The number of aromatic nitrogens is 1. The Morgan fingerprint density at radius 1 is 1.24 bits per heavy atom. The summed E-state index contributed by atoms with van der Waals surface area (Å²) in [6, 6.07) is 8.25. The number of thiazole rings is 1. The van der Waals surface area contributed by atoms with Crippen molar-refractivity contribution in [3.8, 4) is 0 Å². The van der Waals surface area contributed by atoms with Crippen molar-refractivity contribution >= 4 is 28.3 Å². The van der Waals surface area contributed by atoms with Crippen molar-refractivity contribution in [3.05, 3.63) is 46.0 Å². The first kappa shape index (κ1) is 19.9. The molecule has 2 amide bonds. The average Bonchev–Trinajstić information content (AvgIpc) is 3.15. The molecule has 2 heterocycles. The van der Waals surface area contributed by atoms with Gasteiger partial charge >= 0.3 is 0 Å². The third-order valence-electron chi connectivity index (χ3n) is 5.84. The number of carbonyl (C=O) groups is 2. The molecule has 0 radical (unpaired) electrons. The monoisotopic (exact) mass is 412 g/mol. The van der Waals surface area contributed by atoms with E-state index in [0.29, 0.717) is 6.54 Å². The first-order valence-corrected chi connectivity index (χ1v) is 11.1. The van der Waals surface area contributed by atoms with Gasteiger partial charge in [-0.15, -0.1) is 11.3 Å². The molecule has 1 saturated heterocycles. The van der Waals surface area contributed by atoms with Gasteiger partial charge in [-0.05, 0) is 31.7 Å². The van der Waals surface area contributed by atoms with Crippen molar-refractivity contribution in [3.63, 3.8) is 0 Å². The summed E-state index contributed by atoms with van der Waals surface area (Å²) in [6.07, 6.45) is 2.50. The van der Waals surface area contributed by atoms with Crippen LogP contribution in [0.2, 0.25) is 0 Å². The predicted octanol–water partition coefficient (Wildman–Crippen LogP) is 2.54. The minimum atomic E-state index is 0.0233. The van der Waals surface area contributed by atoms with Crippen LogP contribution in [0.5, 0.6) is 0 Å². The molecule has 1 atom stereocenters. The van der Waals surface area contributed by atoms with Crippen LogP contribution in [0.25, 0.3) is 0 Å². The van der Waals surface area contributed by atoms with E-state index in [1.807, 2.05) is 17.0 Å². The van der Waals surface area contributed by atoms with Crippen LogP contribution in [-0.4, -0.2) is 47.9 Å². The van der Waals surface area contributed by atoms with E-state index in [9.17, 15) is 9.59 Å². The zero-order chi connectivity index (χ0) is 20.4. The number of amides is 2. The molecule has 1 aliphatic carbocycles. The van der Waals surface area contributed by atoms with Gasteiger partial charge in [0.05, 0.1) is 5.69 Å². The Balaban J connectivity index is 1.34. The minimum Gasteiger partial charge on any atom is -0.352 e. The minimum absolute atomic E-state index is 0.0233. The molecular formula is C22H28N4O2S. The maximum Gasteiger partial charge on any atom is 0.223 e. The fourth-order valence-corrected chi connectivity index (χ4v) is 5.33. The topological polar surface area (TPSA) is 65.5 Å². The van der Waals surface area contributed by atoms with Gasteiger partial charge in [0, 0.05) is 50.4 Å². The first-order chi connectivity index (χ1) is 14.0. The van der Waals surface area contributed by atoms with Crippen LogP contribution in [0.1, 0.15) is 35.0 Å². The molecule has 1 aromatic carbocycles. The molecular weight excluding hydrogens is 384 g/mol. The number of aryl methyl sites for hydroxylation is 2. The van der Waals surface area contributed by atoms with Crippen LogP contribution >= 0.6 is 11.3 Å². The zero-order valence-corrected chi connectivity index (χ0v) is 17.9. The van der Waals surface area contributed by atoms with E-state index in [1.54, 1.807) is 18.3 Å². The van der Waals surface area contributed by atoms with Crippen molar-refractivity contribution in [2.45, 2.75) is 39.7 Å². The molecule has 154 valence electrons. The second kappa shape index (κ2) is 8.53. The lowest BCUT2D eigenvalue weighted by Crippen LogP contribution is -2.48. The van der Waals surface area contributed by atoms with Crippen molar-refractivity contribution < 1.29 is 9.59 Å². The molecule has 7 heteroatoms. The molecule has 4 rings (SSSR count). The molecule has 29 heavy (non-hydrogen) atoms. The van der Waals surface area contributed by atoms with Crippen LogP contribution in [0.4, 0.5) is 5.13 Å². The van der Waals surface area contributed by atoms with Gasteiger partial charge in [-0.2, -0.15) is 0 Å². The number of nitrogens with zero attached hydrogens (tertiary/aromatic N) is 3. The Kier molecular flexibility index (Phi) is 5.85. The number of hydrogen-bond donors (Lipinski definition) is 1. The van der Waals surface area contributed by atoms with Crippen LogP contribution < -0.4 is 10.2 Å². The lowest BCUT2D eigenvalue weighted by atomic mass is 9.90. The lowest BCUT2D eigenvalue weighted by Gasteiger charge is -2.33. The van der Waals surface area contributed by atoms with E-state index in [0.717, 1.165) is 61.8 Å². The van der Waals surface area contributed by atoms with E-state index >= 15 is 0 Å². The van der Waals surface area contributed by atoms with E-state index in [4.69, 9.17) is 4.98 Å². The summed E-state index contributed by atoms with van der Waals surface area (Å²) in [5.74, 6) is 0.306. The van der Waals surface area contributed by atoms with E-state index in [1.165, 1.54) is 10.4 Å². The quantitative estimate of drug-likeness (QED) is 0.838. The largest absolute Gasteiger partial charge is 0.352 e. The molecule has 0 spiro atoms. The van der Waals surface area contributed by atoms with Gasteiger partial charge in [0.15, 0.2) is 5.13 Å². The number of fused-ring (bicyclic) bond motifs is 1. The maximum absolute atomic E-state index is 12.7. The van der Waals surface area contributed by atoms with Crippen molar-refractivity contribution in [2.24, 2.45) is 5.92 Å². The summed E-state index contributed by atoms with van der Waals surface area (Å²) in [6.45, 7) is 7.43. The summed E-state index contributed by atoms with van der Waals surface area (Å²) in [5.41, 5.74) is 3.50. The van der Waals surface area contributed by atoms with Gasteiger partial charge in [-0.1, -0.05) is 29.8 Å². The molecule has 1 aliphatic heterocycles. The highest BCUT2D eigenvalue weighted by atomic mass is 32.1. The number of hydrogen-bond acceptors (Lipinski definition) is 5. The fraction of sp³-hybridized carbons (Fsp3) is 0.500. The summed E-state index contributed by atoms with van der Waals surface area (Å²) in [4.78, 5) is 34.5. The van der Waals surface area contributed by atoms with Gasteiger partial charge in [0.1, 0.15) is 0 Å². The second-order valence-corrected chi connectivity index (χ2v) is 9.07. The molecule has 1 aromatic heterocycles.